The number of fused-ring (bicyclic) bond motifs is 1. The predicted octanol–water partition coefficient (Wildman–Crippen LogP) is 4.00. The lowest BCUT2D eigenvalue weighted by atomic mass is 9.87. The highest BCUT2D eigenvalue weighted by atomic mass is 19.2. The first-order valence-electron chi connectivity index (χ1n) is 8.88. The Bertz CT molecular complexity index is 782. The molecule has 2 atom stereocenters. The molecule has 0 saturated carbocycles. The van der Waals surface area contributed by atoms with Crippen molar-refractivity contribution in [2.75, 3.05) is 19.6 Å². The van der Waals surface area contributed by atoms with Crippen molar-refractivity contribution in [1.29, 1.82) is 0 Å². The Morgan fingerprint density at radius 1 is 0.920 bits per heavy atom. The smallest absolute Gasteiger partial charge is 0.199 e. The third-order valence-corrected chi connectivity index (χ3v) is 5.58. The van der Waals surface area contributed by atoms with Crippen molar-refractivity contribution in [3.63, 3.8) is 0 Å². The molecule has 1 unspecified atom stereocenters. The van der Waals surface area contributed by atoms with E-state index in [1.54, 1.807) is 0 Å². The quantitative estimate of drug-likeness (QED) is 0.485. The number of halogens is 4. The van der Waals surface area contributed by atoms with Gasteiger partial charge in [-0.3, -0.25) is 4.90 Å². The number of benzene rings is 1. The highest BCUT2D eigenvalue weighted by Crippen LogP contribution is 2.37. The van der Waals surface area contributed by atoms with Crippen LogP contribution in [0.5, 0.6) is 0 Å². The first kappa shape index (κ1) is 16.8. The summed E-state index contributed by atoms with van der Waals surface area (Å²) in [6.07, 6.45) is 6.75. The van der Waals surface area contributed by atoms with Crippen molar-refractivity contribution in [1.82, 2.24) is 15.2 Å². The lowest BCUT2D eigenvalue weighted by Crippen LogP contribution is -2.51. The van der Waals surface area contributed by atoms with Gasteiger partial charge in [0.05, 0.1) is 11.7 Å². The molecule has 3 heterocycles. The van der Waals surface area contributed by atoms with E-state index in [9.17, 15) is 17.6 Å². The number of rotatable bonds is 2. The van der Waals surface area contributed by atoms with Gasteiger partial charge in [-0.25, -0.2) is 17.6 Å². The van der Waals surface area contributed by atoms with Crippen LogP contribution in [0.25, 0.3) is 10.9 Å². The maximum Gasteiger partial charge on any atom is 0.199 e. The zero-order valence-electron chi connectivity index (χ0n) is 13.8. The predicted molar refractivity (Wildman–Crippen MR) is 87.3 cm³/mol. The summed E-state index contributed by atoms with van der Waals surface area (Å²) in [5.41, 5.74) is 0.244. The minimum absolute atomic E-state index is 0.0271. The Labute approximate surface area is 143 Å². The lowest BCUT2D eigenvalue weighted by Gasteiger charge is -2.40. The van der Waals surface area contributed by atoms with Crippen LogP contribution >= 0.6 is 0 Å². The van der Waals surface area contributed by atoms with Gasteiger partial charge in [-0.1, -0.05) is 6.42 Å². The first-order chi connectivity index (χ1) is 12.1. The van der Waals surface area contributed by atoms with E-state index in [-0.39, 0.29) is 23.0 Å². The maximum atomic E-state index is 14.3. The average molecular weight is 355 g/mol. The van der Waals surface area contributed by atoms with Crippen LogP contribution in [-0.2, 0) is 0 Å². The Morgan fingerprint density at radius 2 is 1.64 bits per heavy atom. The van der Waals surface area contributed by atoms with Crippen LogP contribution in [-0.4, -0.2) is 35.7 Å². The van der Waals surface area contributed by atoms with Crippen LogP contribution < -0.4 is 5.32 Å². The number of aromatic amines is 1. The molecule has 25 heavy (non-hydrogen) atoms. The molecule has 1 aromatic carbocycles. The van der Waals surface area contributed by atoms with E-state index in [2.05, 4.69) is 15.2 Å². The fourth-order valence-electron chi connectivity index (χ4n) is 4.27. The van der Waals surface area contributed by atoms with E-state index < -0.39 is 23.3 Å². The Morgan fingerprint density at radius 3 is 2.40 bits per heavy atom. The fourth-order valence-corrected chi connectivity index (χ4v) is 4.27. The summed E-state index contributed by atoms with van der Waals surface area (Å²) in [6.45, 7) is 2.81. The zero-order valence-corrected chi connectivity index (χ0v) is 13.8. The normalized spacial score (nSPS) is 25.6. The van der Waals surface area contributed by atoms with Crippen molar-refractivity contribution >= 4 is 10.9 Å². The van der Waals surface area contributed by atoms with Gasteiger partial charge < -0.3 is 10.3 Å². The second-order valence-electron chi connectivity index (χ2n) is 7.04. The molecular weight excluding hydrogens is 334 g/mol. The van der Waals surface area contributed by atoms with Crippen LogP contribution in [0.2, 0.25) is 0 Å². The Hall–Kier alpha value is -1.60. The van der Waals surface area contributed by atoms with E-state index in [0.29, 0.717) is 5.56 Å². The monoisotopic (exact) mass is 355 g/mol. The minimum atomic E-state index is -1.77. The molecule has 4 rings (SSSR count). The maximum absolute atomic E-state index is 14.3. The number of piperidine rings is 2. The molecule has 3 nitrogen and oxygen atoms in total. The van der Waals surface area contributed by atoms with Crippen LogP contribution in [0.1, 0.15) is 43.6 Å². The summed E-state index contributed by atoms with van der Waals surface area (Å²) in [7, 11) is 0. The third kappa shape index (κ3) is 2.83. The second-order valence-corrected chi connectivity index (χ2v) is 7.04. The van der Waals surface area contributed by atoms with E-state index in [1.807, 2.05) is 0 Å². The minimum Gasteiger partial charge on any atom is -0.358 e. The lowest BCUT2D eigenvalue weighted by molar-refractivity contribution is 0.107. The zero-order chi connectivity index (χ0) is 17.6. The summed E-state index contributed by atoms with van der Waals surface area (Å²) >= 11 is 0. The summed E-state index contributed by atoms with van der Waals surface area (Å²) in [4.78, 5) is 4.99. The summed E-state index contributed by atoms with van der Waals surface area (Å²) in [5.74, 6) is -6.21. The van der Waals surface area contributed by atoms with E-state index >= 15 is 0 Å². The second kappa shape index (κ2) is 6.61. The average Bonchev–Trinajstić information content (AvgIpc) is 3.11. The highest BCUT2D eigenvalue weighted by molar-refractivity contribution is 5.85. The molecule has 0 spiro atoms. The van der Waals surface area contributed by atoms with E-state index in [1.165, 1.54) is 25.5 Å². The van der Waals surface area contributed by atoms with Crippen molar-refractivity contribution in [3.8, 4) is 0 Å². The van der Waals surface area contributed by atoms with Gasteiger partial charge in [-0.05, 0) is 56.8 Å². The third-order valence-electron chi connectivity index (χ3n) is 5.58. The van der Waals surface area contributed by atoms with Crippen LogP contribution in [0, 0.1) is 23.3 Å². The van der Waals surface area contributed by atoms with E-state index in [0.717, 1.165) is 32.5 Å². The van der Waals surface area contributed by atoms with Gasteiger partial charge in [0.1, 0.15) is 0 Å². The van der Waals surface area contributed by atoms with Gasteiger partial charge in [0.15, 0.2) is 23.3 Å². The molecule has 2 fully saturated rings. The van der Waals surface area contributed by atoms with Gasteiger partial charge in [0.2, 0.25) is 0 Å². The summed E-state index contributed by atoms with van der Waals surface area (Å²) in [5, 5.41) is 3.34. The molecule has 7 heteroatoms. The number of H-pyrrole nitrogens is 1. The molecule has 2 aliphatic heterocycles. The van der Waals surface area contributed by atoms with Crippen molar-refractivity contribution in [2.45, 2.75) is 44.2 Å². The molecule has 2 aliphatic rings. The van der Waals surface area contributed by atoms with Gasteiger partial charge in [0, 0.05) is 11.6 Å². The molecule has 2 saturated heterocycles. The topological polar surface area (TPSA) is 31.1 Å². The first-order valence-corrected chi connectivity index (χ1v) is 8.88. The highest BCUT2D eigenvalue weighted by Gasteiger charge is 2.32. The molecule has 0 radical (unpaired) electrons. The summed E-state index contributed by atoms with van der Waals surface area (Å²) < 4.78 is 55.4. The SMILES string of the molecule is Fc1c(F)c(F)c2c(C3CCN[C@H](N4CCCCC4)C3)c[nH]c2c1F. The van der Waals surface area contributed by atoms with Crippen LogP contribution in [0.15, 0.2) is 6.20 Å². The van der Waals surface area contributed by atoms with Gasteiger partial charge in [0.25, 0.3) is 0 Å². The Balaban J connectivity index is 1.67. The van der Waals surface area contributed by atoms with Crippen molar-refractivity contribution in [3.05, 3.63) is 35.0 Å². The molecule has 0 amide bonds. The number of nitrogens with zero attached hydrogens (tertiary/aromatic N) is 1. The number of aromatic nitrogens is 1. The van der Waals surface area contributed by atoms with Gasteiger partial charge in [-0.15, -0.1) is 0 Å². The van der Waals surface area contributed by atoms with Crippen molar-refractivity contribution < 1.29 is 17.6 Å². The van der Waals surface area contributed by atoms with Crippen LogP contribution in [0.4, 0.5) is 17.6 Å². The van der Waals surface area contributed by atoms with Gasteiger partial charge in [-0.2, -0.15) is 0 Å². The van der Waals surface area contributed by atoms with E-state index in [4.69, 9.17) is 0 Å². The molecule has 1 aromatic heterocycles. The Kier molecular flexibility index (Phi) is 4.45. The van der Waals surface area contributed by atoms with Crippen LogP contribution in [0.3, 0.4) is 0 Å². The number of hydrogen-bond donors (Lipinski definition) is 2. The number of nitrogens with one attached hydrogen (secondary N) is 2. The molecule has 2 N–H and O–H groups in total. The standard InChI is InChI=1S/C18H21F4N3/c19-14-13-11(9-24-18(13)17(22)16(21)15(14)20)10-4-5-23-12(8-10)25-6-2-1-3-7-25/h9-10,12,23-24H,1-8H2/t10?,12-/m1/s1. The van der Waals surface area contributed by atoms with Gasteiger partial charge >= 0.3 is 0 Å². The molecular formula is C18H21F4N3. The largest absolute Gasteiger partial charge is 0.358 e. The van der Waals surface area contributed by atoms with Crippen molar-refractivity contribution in [2.24, 2.45) is 0 Å². The number of likely N-dealkylation sites (tertiary alicyclic amines) is 1. The number of hydrogen-bond acceptors (Lipinski definition) is 2. The fraction of sp³-hybridized carbons (Fsp3) is 0.556. The molecule has 0 bridgehead atoms. The summed E-state index contributed by atoms with van der Waals surface area (Å²) in [6, 6.07) is 0. The molecule has 2 aromatic rings. The molecule has 0 aliphatic carbocycles. The molecule has 136 valence electrons.